The summed E-state index contributed by atoms with van der Waals surface area (Å²) in [5.74, 6) is 1.30. The Bertz CT molecular complexity index is 371. The van der Waals surface area contributed by atoms with Gasteiger partial charge in [0.1, 0.15) is 13.1 Å². The predicted molar refractivity (Wildman–Crippen MR) is 80.0 cm³/mol. The molecule has 19 heavy (non-hydrogen) atoms. The number of hydrogen-bond donors (Lipinski definition) is 1. The Morgan fingerprint density at radius 1 is 1.16 bits per heavy atom. The monoisotopic (exact) mass is 282 g/mol. The average Bonchev–Trinajstić information content (AvgIpc) is 2.42. The maximum Gasteiger partial charge on any atom is 0.101 e. The lowest BCUT2D eigenvalue weighted by molar-refractivity contribution is -0.908. The second-order valence-electron chi connectivity index (χ2n) is 5.80. The quantitative estimate of drug-likeness (QED) is 0.875. The lowest BCUT2D eigenvalue weighted by Crippen LogP contribution is -3.14. The van der Waals surface area contributed by atoms with Gasteiger partial charge < -0.3 is 9.64 Å². The van der Waals surface area contributed by atoms with Crippen LogP contribution in [0.25, 0.3) is 0 Å². The summed E-state index contributed by atoms with van der Waals surface area (Å²) >= 11 is 5.98. The van der Waals surface area contributed by atoms with Crippen molar-refractivity contribution in [3.05, 3.63) is 34.9 Å². The van der Waals surface area contributed by atoms with Crippen LogP contribution in [0.1, 0.15) is 31.7 Å². The number of morpholine rings is 1. The third-order valence-corrected chi connectivity index (χ3v) is 4.36. The SMILES string of the molecule is CC(C)[C@H](CC[NH+]1CCOCC1)c1ccc(Cl)cc1. The zero-order valence-electron chi connectivity index (χ0n) is 12.0. The third kappa shape index (κ3) is 4.48. The molecule has 1 aromatic carbocycles. The summed E-state index contributed by atoms with van der Waals surface area (Å²) in [6.07, 6.45) is 1.24. The maximum atomic E-state index is 5.98. The van der Waals surface area contributed by atoms with Crippen LogP contribution in [0.2, 0.25) is 5.02 Å². The van der Waals surface area contributed by atoms with Crippen molar-refractivity contribution < 1.29 is 9.64 Å². The van der Waals surface area contributed by atoms with E-state index in [9.17, 15) is 0 Å². The molecule has 0 aromatic heterocycles. The molecule has 1 atom stereocenters. The predicted octanol–water partition coefficient (Wildman–Crippen LogP) is 2.38. The van der Waals surface area contributed by atoms with Crippen molar-refractivity contribution in [2.45, 2.75) is 26.2 Å². The van der Waals surface area contributed by atoms with Crippen molar-refractivity contribution in [2.75, 3.05) is 32.8 Å². The Morgan fingerprint density at radius 3 is 2.37 bits per heavy atom. The first-order chi connectivity index (χ1) is 9.16. The molecule has 0 saturated carbocycles. The molecule has 0 bridgehead atoms. The van der Waals surface area contributed by atoms with Crippen molar-refractivity contribution in [3.8, 4) is 0 Å². The van der Waals surface area contributed by atoms with E-state index in [0.29, 0.717) is 11.8 Å². The van der Waals surface area contributed by atoms with E-state index in [2.05, 4.69) is 26.0 Å². The molecule has 3 heteroatoms. The molecule has 0 unspecified atom stereocenters. The van der Waals surface area contributed by atoms with Crippen molar-refractivity contribution in [1.29, 1.82) is 0 Å². The van der Waals surface area contributed by atoms with E-state index in [1.54, 1.807) is 4.90 Å². The van der Waals surface area contributed by atoms with Crippen LogP contribution in [0.5, 0.6) is 0 Å². The summed E-state index contributed by atoms with van der Waals surface area (Å²) < 4.78 is 5.42. The Hall–Kier alpha value is -0.570. The minimum absolute atomic E-state index is 0.632. The highest BCUT2D eigenvalue weighted by atomic mass is 35.5. The highest BCUT2D eigenvalue weighted by Gasteiger charge is 2.20. The van der Waals surface area contributed by atoms with Gasteiger partial charge in [-0.2, -0.15) is 0 Å². The lowest BCUT2D eigenvalue weighted by atomic mass is 9.85. The van der Waals surface area contributed by atoms with Crippen LogP contribution in [0.15, 0.2) is 24.3 Å². The fraction of sp³-hybridized carbons (Fsp3) is 0.625. The third-order valence-electron chi connectivity index (χ3n) is 4.11. The maximum absolute atomic E-state index is 5.98. The van der Waals surface area contributed by atoms with Gasteiger partial charge in [0.05, 0.1) is 19.8 Å². The molecule has 106 valence electrons. The van der Waals surface area contributed by atoms with Crippen molar-refractivity contribution in [2.24, 2.45) is 5.92 Å². The van der Waals surface area contributed by atoms with E-state index in [0.717, 1.165) is 31.3 Å². The van der Waals surface area contributed by atoms with Gasteiger partial charge in [0.2, 0.25) is 0 Å². The minimum Gasteiger partial charge on any atom is -0.370 e. The van der Waals surface area contributed by atoms with Gasteiger partial charge in [-0.15, -0.1) is 0 Å². The lowest BCUT2D eigenvalue weighted by Gasteiger charge is -2.27. The molecule has 1 saturated heterocycles. The molecule has 1 aliphatic rings. The van der Waals surface area contributed by atoms with Crippen LogP contribution in [-0.2, 0) is 4.74 Å². The first kappa shape index (κ1) is 14.8. The number of hydrogen-bond acceptors (Lipinski definition) is 1. The van der Waals surface area contributed by atoms with Crippen molar-refractivity contribution in [3.63, 3.8) is 0 Å². The van der Waals surface area contributed by atoms with Crippen LogP contribution in [0.3, 0.4) is 0 Å². The van der Waals surface area contributed by atoms with Gasteiger partial charge in [-0.3, -0.25) is 0 Å². The Morgan fingerprint density at radius 2 is 1.79 bits per heavy atom. The van der Waals surface area contributed by atoms with Gasteiger partial charge in [-0.1, -0.05) is 37.6 Å². The van der Waals surface area contributed by atoms with Gasteiger partial charge in [0, 0.05) is 11.4 Å². The Labute approximate surface area is 121 Å². The van der Waals surface area contributed by atoms with Crippen LogP contribution >= 0.6 is 11.6 Å². The Kier molecular flexibility index (Phi) is 5.68. The summed E-state index contributed by atoms with van der Waals surface area (Å²) in [5.41, 5.74) is 1.42. The van der Waals surface area contributed by atoms with Crippen LogP contribution in [0, 0.1) is 5.92 Å². The zero-order chi connectivity index (χ0) is 13.7. The number of rotatable bonds is 5. The van der Waals surface area contributed by atoms with Gasteiger partial charge >= 0.3 is 0 Å². The van der Waals surface area contributed by atoms with E-state index >= 15 is 0 Å². The largest absolute Gasteiger partial charge is 0.370 e. The number of quaternary nitrogens is 1. The second-order valence-corrected chi connectivity index (χ2v) is 6.24. The van der Waals surface area contributed by atoms with E-state index < -0.39 is 0 Å². The summed E-state index contributed by atoms with van der Waals surface area (Å²) in [6, 6.07) is 8.38. The number of nitrogens with one attached hydrogen (secondary N) is 1. The molecule has 1 aromatic rings. The normalized spacial score (nSPS) is 18.7. The molecule has 1 fully saturated rings. The van der Waals surface area contributed by atoms with Crippen LogP contribution < -0.4 is 4.90 Å². The molecular formula is C16H25ClNO+. The molecule has 0 radical (unpaired) electrons. The number of halogens is 1. The molecule has 2 rings (SSSR count). The first-order valence-corrected chi connectivity index (χ1v) is 7.71. The number of ether oxygens (including phenoxy) is 1. The number of benzene rings is 1. The van der Waals surface area contributed by atoms with E-state index in [4.69, 9.17) is 16.3 Å². The molecule has 0 aliphatic carbocycles. The van der Waals surface area contributed by atoms with E-state index in [1.807, 2.05) is 12.1 Å². The van der Waals surface area contributed by atoms with Gasteiger partial charge in [-0.05, 0) is 29.5 Å². The molecular weight excluding hydrogens is 258 g/mol. The molecule has 1 aliphatic heterocycles. The molecule has 1 heterocycles. The molecule has 0 spiro atoms. The van der Waals surface area contributed by atoms with Crippen LogP contribution in [0.4, 0.5) is 0 Å². The minimum atomic E-state index is 0.632. The Balaban J connectivity index is 1.94. The van der Waals surface area contributed by atoms with Crippen LogP contribution in [-0.4, -0.2) is 32.8 Å². The standard InChI is InChI=1S/C16H24ClNO/c1-13(2)16(14-3-5-15(17)6-4-14)7-8-18-9-11-19-12-10-18/h3-6,13,16H,7-12H2,1-2H3/p+1/t16-/m0/s1. The van der Waals surface area contributed by atoms with E-state index in [1.165, 1.54) is 18.5 Å². The fourth-order valence-corrected chi connectivity index (χ4v) is 2.99. The fourth-order valence-electron chi connectivity index (χ4n) is 2.86. The zero-order valence-corrected chi connectivity index (χ0v) is 12.7. The highest BCUT2D eigenvalue weighted by molar-refractivity contribution is 6.30. The smallest absolute Gasteiger partial charge is 0.101 e. The average molecular weight is 283 g/mol. The molecule has 2 nitrogen and oxygen atoms in total. The summed E-state index contributed by atoms with van der Waals surface area (Å²) in [7, 11) is 0. The molecule has 1 N–H and O–H groups in total. The van der Waals surface area contributed by atoms with Crippen molar-refractivity contribution >= 4 is 11.6 Å². The van der Waals surface area contributed by atoms with Gasteiger partial charge in [0.15, 0.2) is 0 Å². The summed E-state index contributed by atoms with van der Waals surface area (Å²) in [4.78, 5) is 1.69. The van der Waals surface area contributed by atoms with E-state index in [-0.39, 0.29) is 0 Å². The van der Waals surface area contributed by atoms with Gasteiger partial charge in [-0.25, -0.2) is 0 Å². The van der Waals surface area contributed by atoms with Gasteiger partial charge in [0.25, 0.3) is 0 Å². The van der Waals surface area contributed by atoms with Crippen molar-refractivity contribution in [1.82, 2.24) is 0 Å². The molecule has 0 amide bonds. The summed E-state index contributed by atoms with van der Waals surface area (Å²) in [5, 5.41) is 0.824. The topological polar surface area (TPSA) is 13.7 Å². The highest BCUT2D eigenvalue weighted by Crippen LogP contribution is 2.28. The first-order valence-electron chi connectivity index (χ1n) is 7.33. The second kappa shape index (κ2) is 7.28. The summed E-state index contributed by atoms with van der Waals surface area (Å²) in [6.45, 7) is 10.0.